The van der Waals surface area contributed by atoms with Crippen molar-refractivity contribution in [3.8, 4) is 6.07 Å². The molecule has 1 aromatic carbocycles. The summed E-state index contributed by atoms with van der Waals surface area (Å²) >= 11 is 0. The first-order valence-corrected chi connectivity index (χ1v) is 12.3. The van der Waals surface area contributed by atoms with Gasteiger partial charge >= 0.3 is 6.09 Å². The zero-order chi connectivity index (χ0) is 24.8. The quantitative estimate of drug-likeness (QED) is 0.504. The molecular formula is C26H32N6O3. The van der Waals surface area contributed by atoms with Crippen molar-refractivity contribution in [2.45, 2.75) is 76.9 Å². The summed E-state index contributed by atoms with van der Waals surface area (Å²) in [5.74, 6) is 1.76. The Kier molecular flexibility index (Phi) is 5.78. The molecule has 0 radical (unpaired) electrons. The van der Waals surface area contributed by atoms with Crippen LogP contribution in [0.2, 0.25) is 0 Å². The molecule has 1 amide bonds. The van der Waals surface area contributed by atoms with Crippen LogP contribution in [0.1, 0.15) is 76.6 Å². The van der Waals surface area contributed by atoms with Gasteiger partial charge in [-0.2, -0.15) is 10.2 Å². The summed E-state index contributed by atoms with van der Waals surface area (Å²) < 4.78 is 13.7. The van der Waals surface area contributed by atoms with Gasteiger partial charge in [0.25, 0.3) is 0 Å². The minimum atomic E-state index is -0.479. The smallest absolute Gasteiger partial charge is 0.410 e. The SMILES string of the molecule is CC(C)c1noc(C(C)(C)CN2C[C@@]3(CCC[C@H](Cn4cnc5ccc(C#N)cc54)C3)OC2=O)n1. The molecule has 1 aliphatic carbocycles. The number of hydrogen-bond acceptors (Lipinski definition) is 7. The van der Waals surface area contributed by atoms with E-state index in [9.17, 15) is 10.1 Å². The molecule has 35 heavy (non-hydrogen) atoms. The Morgan fingerprint density at radius 2 is 2.17 bits per heavy atom. The first-order chi connectivity index (χ1) is 16.7. The van der Waals surface area contributed by atoms with Crippen molar-refractivity contribution >= 4 is 17.1 Å². The molecular weight excluding hydrogens is 444 g/mol. The average molecular weight is 477 g/mol. The van der Waals surface area contributed by atoms with E-state index in [4.69, 9.17) is 9.26 Å². The van der Waals surface area contributed by atoms with Crippen molar-refractivity contribution in [2.24, 2.45) is 5.92 Å². The fraction of sp³-hybridized carbons (Fsp3) is 0.577. The van der Waals surface area contributed by atoms with E-state index in [1.54, 1.807) is 11.0 Å². The van der Waals surface area contributed by atoms with Crippen LogP contribution < -0.4 is 0 Å². The lowest BCUT2D eigenvalue weighted by atomic mass is 9.77. The second-order valence-electron chi connectivity index (χ2n) is 11.1. The Morgan fingerprint density at radius 3 is 2.91 bits per heavy atom. The van der Waals surface area contributed by atoms with Gasteiger partial charge in [0.1, 0.15) is 5.60 Å². The summed E-state index contributed by atoms with van der Waals surface area (Å²) in [4.78, 5) is 23.8. The predicted molar refractivity (Wildman–Crippen MR) is 129 cm³/mol. The van der Waals surface area contributed by atoms with E-state index >= 15 is 0 Å². The zero-order valence-electron chi connectivity index (χ0n) is 20.8. The van der Waals surface area contributed by atoms with Crippen LogP contribution in [0.3, 0.4) is 0 Å². The third-order valence-corrected chi connectivity index (χ3v) is 7.27. The molecule has 3 aromatic rings. The molecule has 1 saturated carbocycles. The van der Waals surface area contributed by atoms with Gasteiger partial charge in [-0.25, -0.2) is 9.78 Å². The molecule has 0 unspecified atom stereocenters. The van der Waals surface area contributed by atoms with E-state index in [0.29, 0.717) is 36.3 Å². The fourth-order valence-corrected chi connectivity index (χ4v) is 5.49. The fourth-order valence-electron chi connectivity index (χ4n) is 5.49. The van der Waals surface area contributed by atoms with Crippen molar-refractivity contribution < 1.29 is 14.1 Å². The number of ether oxygens (including phenoxy) is 1. The van der Waals surface area contributed by atoms with Crippen LogP contribution in [0.25, 0.3) is 11.0 Å². The Hall–Kier alpha value is -3.41. The van der Waals surface area contributed by atoms with Crippen molar-refractivity contribution in [1.82, 2.24) is 24.6 Å². The summed E-state index contributed by atoms with van der Waals surface area (Å²) in [5.41, 5.74) is 1.53. The molecule has 2 fully saturated rings. The number of benzene rings is 1. The van der Waals surface area contributed by atoms with Crippen LogP contribution in [0.5, 0.6) is 0 Å². The number of hydrogen-bond donors (Lipinski definition) is 0. The molecule has 1 aliphatic heterocycles. The third kappa shape index (κ3) is 4.49. The first-order valence-electron chi connectivity index (χ1n) is 12.3. The maximum absolute atomic E-state index is 12.9. The summed E-state index contributed by atoms with van der Waals surface area (Å²) in [6.45, 7) is 9.91. The van der Waals surface area contributed by atoms with Gasteiger partial charge in [-0.15, -0.1) is 0 Å². The normalized spacial score (nSPS) is 22.8. The largest absolute Gasteiger partial charge is 0.441 e. The molecule has 9 nitrogen and oxygen atoms in total. The van der Waals surface area contributed by atoms with E-state index in [0.717, 1.165) is 43.3 Å². The van der Waals surface area contributed by atoms with Gasteiger partial charge in [0.15, 0.2) is 5.82 Å². The number of nitrogens with zero attached hydrogens (tertiary/aromatic N) is 6. The zero-order valence-corrected chi connectivity index (χ0v) is 20.8. The Balaban J connectivity index is 1.28. The number of carbonyl (C=O) groups is 1. The van der Waals surface area contributed by atoms with Crippen LogP contribution in [0.4, 0.5) is 4.79 Å². The van der Waals surface area contributed by atoms with Crippen LogP contribution in [0, 0.1) is 17.2 Å². The summed E-state index contributed by atoms with van der Waals surface area (Å²) in [6, 6.07) is 7.78. The summed E-state index contributed by atoms with van der Waals surface area (Å²) in [5, 5.41) is 13.4. The molecule has 3 heterocycles. The monoisotopic (exact) mass is 476 g/mol. The van der Waals surface area contributed by atoms with Gasteiger partial charge in [-0.3, -0.25) is 0 Å². The molecule has 1 spiro atoms. The molecule has 184 valence electrons. The highest BCUT2D eigenvalue weighted by Gasteiger charge is 2.49. The minimum Gasteiger partial charge on any atom is -0.441 e. The molecule has 0 bridgehead atoms. The number of rotatable bonds is 6. The Morgan fingerprint density at radius 1 is 1.34 bits per heavy atom. The first kappa shape index (κ1) is 23.3. The molecule has 9 heteroatoms. The number of fused-ring (bicyclic) bond motifs is 1. The molecule has 2 aromatic heterocycles. The van der Waals surface area contributed by atoms with E-state index < -0.39 is 11.0 Å². The summed E-state index contributed by atoms with van der Waals surface area (Å²) in [6.07, 6.45) is 5.33. The maximum atomic E-state index is 12.9. The number of nitriles is 1. The standard InChI is InChI=1S/C26H32N6O3/c1-17(2)22-29-23(35-30-22)25(3,4)14-32-15-26(34-24(32)33)9-5-6-19(11-26)13-31-16-28-20-8-7-18(12-27)10-21(20)31/h7-8,10,16-17,19H,5-6,9,11,13-15H2,1-4H3/t19-,26-/m0/s1. The van der Waals surface area contributed by atoms with Gasteiger partial charge in [0.2, 0.25) is 5.89 Å². The lowest BCUT2D eigenvalue weighted by molar-refractivity contribution is 0.00413. The van der Waals surface area contributed by atoms with Crippen LogP contribution in [0.15, 0.2) is 29.0 Å². The predicted octanol–water partition coefficient (Wildman–Crippen LogP) is 4.77. The van der Waals surface area contributed by atoms with Gasteiger partial charge in [-0.05, 0) is 63.6 Å². The molecule has 5 rings (SSSR count). The molecule has 2 aliphatic rings. The van der Waals surface area contributed by atoms with Crippen molar-refractivity contribution in [2.75, 3.05) is 13.1 Å². The minimum absolute atomic E-state index is 0.182. The van der Waals surface area contributed by atoms with E-state index in [-0.39, 0.29) is 12.0 Å². The van der Waals surface area contributed by atoms with E-state index in [2.05, 4.69) is 25.8 Å². The second kappa shape index (κ2) is 8.67. The maximum Gasteiger partial charge on any atom is 0.410 e. The van der Waals surface area contributed by atoms with Crippen LogP contribution in [-0.2, 0) is 16.7 Å². The van der Waals surface area contributed by atoms with Gasteiger partial charge in [0, 0.05) is 19.0 Å². The number of amides is 1. The van der Waals surface area contributed by atoms with E-state index in [1.165, 1.54) is 0 Å². The van der Waals surface area contributed by atoms with Gasteiger partial charge < -0.3 is 18.7 Å². The van der Waals surface area contributed by atoms with Crippen molar-refractivity contribution in [3.63, 3.8) is 0 Å². The third-order valence-electron chi connectivity index (χ3n) is 7.27. The van der Waals surface area contributed by atoms with Crippen molar-refractivity contribution in [1.29, 1.82) is 5.26 Å². The van der Waals surface area contributed by atoms with Crippen molar-refractivity contribution in [3.05, 3.63) is 41.8 Å². The molecule has 1 saturated heterocycles. The molecule has 0 N–H and O–H groups in total. The summed E-state index contributed by atoms with van der Waals surface area (Å²) in [7, 11) is 0. The highest BCUT2D eigenvalue weighted by molar-refractivity contribution is 5.77. The number of aromatic nitrogens is 4. The van der Waals surface area contributed by atoms with Crippen LogP contribution in [-0.4, -0.2) is 49.4 Å². The number of carbonyl (C=O) groups excluding carboxylic acids is 1. The van der Waals surface area contributed by atoms with E-state index in [1.807, 2.05) is 46.2 Å². The second-order valence-corrected chi connectivity index (χ2v) is 11.1. The van der Waals surface area contributed by atoms with Gasteiger partial charge in [0.05, 0.1) is 41.0 Å². The highest BCUT2D eigenvalue weighted by Crippen LogP contribution is 2.41. The average Bonchev–Trinajstić information content (AvgIpc) is 3.52. The Bertz CT molecular complexity index is 1290. The number of imidazole rings is 1. The highest BCUT2D eigenvalue weighted by atomic mass is 16.6. The van der Waals surface area contributed by atoms with Crippen LogP contribution >= 0.6 is 0 Å². The lowest BCUT2D eigenvalue weighted by Gasteiger charge is -2.36. The Labute approximate surface area is 205 Å². The topological polar surface area (TPSA) is 110 Å². The van der Waals surface area contributed by atoms with Gasteiger partial charge in [-0.1, -0.05) is 19.0 Å². The lowest BCUT2D eigenvalue weighted by Crippen LogP contribution is -2.43. The molecule has 2 atom stereocenters.